The van der Waals surface area contributed by atoms with E-state index in [2.05, 4.69) is 0 Å². The predicted octanol–water partition coefficient (Wildman–Crippen LogP) is 2.89. The second kappa shape index (κ2) is 8.54. The van der Waals surface area contributed by atoms with Crippen molar-refractivity contribution in [3.63, 3.8) is 0 Å². The molecule has 1 atom stereocenters. The Morgan fingerprint density at radius 2 is 1.59 bits per heavy atom. The van der Waals surface area contributed by atoms with Crippen molar-refractivity contribution in [3.8, 4) is 17.2 Å². The number of carbonyl (C=O) groups is 1. The first-order valence-electron chi connectivity index (χ1n) is 8.78. The highest BCUT2D eigenvalue weighted by atomic mass is 32.2. The molecular weight excluding hydrogens is 414 g/mol. The van der Waals surface area contributed by atoms with Gasteiger partial charge in [-0.1, -0.05) is 12.1 Å². The number of nitrogens with zero attached hydrogens (tertiary/aromatic N) is 1. The summed E-state index contributed by atoms with van der Waals surface area (Å²) in [6.07, 6.45) is 1.17. The van der Waals surface area contributed by atoms with Gasteiger partial charge < -0.3 is 19.1 Å². The summed E-state index contributed by atoms with van der Waals surface area (Å²) < 4.78 is 39.6. The van der Waals surface area contributed by atoms with E-state index in [1.54, 1.807) is 56.6 Å². The van der Waals surface area contributed by atoms with Crippen LogP contribution in [0.1, 0.15) is 16.5 Å². The Kier molecular flexibility index (Phi) is 6.28. The van der Waals surface area contributed by atoms with E-state index in [1.807, 2.05) is 6.07 Å². The van der Waals surface area contributed by atoms with Gasteiger partial charge >= 0.3 is 0 Å². The Morgan fingerprint density at radius 1 is 1.00 bits per heavy atom. The third-order valence-corrected chi connectivity index (χ3v) is 7.04. The minimum atomic E-state index is -3.26. The zero-order valence-electron chi connectivity index (χ0n) is 16.7. The molecule has 0 saturated carbocycles. The van der Waals surface area contributed by atoms with Crippen LogP contribution in [0.5, 0.6) is 17.2 Å². The highest BCUT2D eigenvalue weighted by Gasteiger charge is 2.35. The van der Waals surface area contributed by atoms with Gasteiger partial charge in [-0.05, 0) is 23.8 Å². The van der Waals surface area contributed by atoms with Crippen molar-refractivity contribution in [1.29, 1.82) is 0 Å². The minimum absolute atomic E-state index is 0.00373. The van der Waals surface area contributed by atoms with Crippen LogP contribution in [0.15, 0.2) is 41.3 Å². The lowest BCUT2D eigenvalue weighted by molar-refractivity contribution is -0.128. The van der Waals surface area contributed by atoms with Crippen molar-refractivity contribution in [3.05, 3.63) is 47.5 Å². The summed E-state index contributed by atoms with van der Waals surface area (Å²) in [5, 5.41) is -0.258. The van der Waals surface area contributed by atoms with Crippen LogP contribution in [0.4, 0.5) is 0 Å². The molecule has 156 valence electrons. The third kappa shape index (κ3) is 4.45. The molecule has 0 radical (unpaired) electrons. The highest BCUT2D eigenvalue weighted by molar-refractivity contribution is 8.00. The molecule has 1 aliphatic heterocycles. The lowest BCUT2D eigenvalue weighted by Gasteiger charge is -2.26. The van der Waals surface area contributed by atoms with Crippen molar-refractivity contribution in [2.75, 3.05) is 33.3 Å². The molecule has 0 aliphatic carbocycles. The van der Waals surface area contributed by atoms with Gasteiger partial charge in [-0.2, -0.15) is 0 Å². The molecule has 0 spiro atoms. The predicted molar refractivity (Wildman–Crippen MR) is 111 cm³/mol. The van der Waals surface area contributed by atoms with Crippen LogP contribution in [-0.2, 0) is 21.2 Å². The van der Waals surface area contributed by atoms with Gasteiger partial charge in [0, 0.05) is 24.4 Å². The van der Waals surface area contributed by atoms with Gasteiger partial charge in [-0.3, -0.25) is 4.79 Å². The van der Waals surface area contributed by atoms with Gasteiger partial charge in [0.25, 0.3) is 0 Å². The van der Waals surface area contributed by atoms with Crippen molar-refractivity contribution in [2.24, 2.45) is 0 Å². The quantitative estimate of drug-likeness (QED) is 0.659. The zero-order valence-corrected chi connectivity index (χ0v) is 18.3. The van der Waals surface area contributed by atoms with Crippen LogP contribution in [0.2, 0.25) is 0 Å². The number of benzene rings is 2. The van der Waals surface area contributed by atoms with Crippen molar-refractivity contribution in [1.82, 2.24) is 4.90 Å². The van der Waals surface area contributed by atoms with Gasteiger partial charge in [0.15, 0.2) is 21.3 Å². The topological polar surface area (TPSA) is 82.1 Å². The molecule has 2 aromatic carbocycles. The van der Waals surface area contributed by atoms with Crippen LogP contribution in [0.25, 0.3) is 0 Å². The molecule has 1 heterocycles. The summed E-state index contributed by atoms with van der Waals surface area (Å²) in [7, 11) is 1.42. The van der Waals surface area contributed by atoms with Crippen LogP contribution in [0, 0.1) is 0 Å². The van der Waals surface area contributed by atoms with Crippen molar-refractivity contribution in [2.45, 2.75) is 16.8 Å². The molecule has 0 aromatic heterocycles. The monoisotopic (exact) mass is 437 g/mol. The zero-order chi connectivity index (χ0) is 21.2. The molecule has 1 amide bonds. The molecule has 9 heteroatoms. The normalized spacial score (nSPS) is 16.8. The van der Waals surface area contributed by atoms with Gasteiger partial charge in [-0.15, -0.1) is 11.8 Å². The molecule has 3 rings (SSSR count). The van der Waals surface area contributed by atoms with E-state index in [0.29, 0.717) is 29.5 Å². The van der Waals surface area contributed by atoms with E-state index < -0.39 is 9.84 Å². The largest absolute Gasteiger partial charge is 0.496 e. The van der Waals surface area contributed by atoms with E-state index in [4.69, 9.17) is 14.2 Å². The summed E-state index contributed by atoms with van der Waals surface area (Å²) in [6.45, 7) is 0.359. The number of methoxy groups -OCH3 is 3. The molecule has 29 heavy (non-hydrogen) atoms. The van der Waals surface area contributed by atoms with E-state index in [9.17, 15) is 13.2 Å². The van der Waals surface area contributed by atoms with E-state index in [1.165, 1.54) is 18.0 Å². The lowest BCUT2D eigenvalue weighted by atomic mass is 10.1. The number of thioether (sulfide) groups is 1. The number of ether oxygens (including phenoxy) is 3. The third-order valence-electron chi connectivity index (χ3n) is 4.67. The van der Waals surface area contributed by atoms with Gasteiger partial charge in [0.1, 0.15) is 11.1 Å². The molecule has 0 N–H and O–H groups in total. The smallest absolute Gasteiger partial charge is 0.234 e. The average Bonchev–Trinajstić information content (AvgIpc) is 3.06. The summed E-state index contributed by atoms with van der Waals surface area (Å²) in [4.78, 5) is 14.6. The maximum Gasteiger partial charge on any atom is 0.234 e. The number of rotatable bonds is 7. The first-order chi connectivity index (χ1) is 13.8. The number of carbonyl (C=O) groups excluding carboxylic acids is 1. The Balaban J connectivity index is 1.93. The fourth-order valence-electron chi connectivity index (χ4n) is 3.17. The summed E-state index contributed by atoms with van der Waals surface area (Å²) >= 11 is 1.50. The van der Waals surface area contributed by atoms with Crippen LogP contribution < -0.4 is 14.2 Å². The Hall–Kier alpha value is -2.39. The highest BCUT2D eigenvalue weighted by Crippen LogP contribution is 2.46. The summed E-state index contributed by atoms with van der Waals surface area (Å²) in [5.41, 5.74) is 1.66. The summed E-state index contributed by atoms with van der Waals surface area (Å²) in [6, 6.07) is 10.2. The van der Waals surface area contributed by atoms with Crippen LogP contribution in [0.3, 0.4) is 0 Å². The average molecular weight is 438 g/mol. The first kappa shape index (κ1) is 21.3. The molecule has 1 aliphatic rings. The maximum atomic E-state index is 12.6. The van der Waals surface area contributed by atoms with E-state index in [-0.39, 0.29) is 16.2 Å². The Bertz CT molecular complexity index is 1000. The van der Waals surface area contributed by atoms with Gasteiger partial charge in [0.05, 0.1) is 32.0 Å². The standard InChI is InChI=1S/C20H23NO6S2/c1-25-16-10-18(27-3)17(26-2)9-15(16)20-21(19(22)12-28-20)11-13-5-7-14(8-6-13)29(4,23)24/h5-10,20H,11-12H2,1-4H3. The fourth-order valence-corrected chi connectivity index (χ4v) is 5.00. The molecule has 1 fully saturated rings. The number of sulfone groups is 1. The van der Waals surface area contributed by atoms with Crippen LogP contribution >= 0.6 is 11.8 Å². The fraction of sp³-hybridized carbons (Fsp3) is 0.350. The SMILES string of the molecule is COc1cc(OC)c(C2SCC(=O)N2Cc2ccc(S(C)(=O)=O)cc2)cc1OC. The number of hydrogen-bond acceptors (Lipinski definition) is 7. The lowest BCUT2D eigenvalue weighted by Crippen LogP contribution is -2.28. The number of hydrogen-bond donors (Lipinski definition) is 0. The second-order valence-corrected chi connectivity index (χ2v) is 9.63. The first-order valence-corrected chi connectivity index (χ1v) is 11.7. The van der Waals surface area contributed by atoms with Crippen LogP contribution in [-0.4, -0.2) is 52.6 Å². The van der Waals surface area contributed by atoms with Gasteiger partial charge in [-0.25, -0.2) is 8.42 Å². The molecule has 2 aromatic rings. The van der Waals surface area contributed by atoms with Crippen molar-refractivity contribution < 1.29 is 27.4 Å². The molecular formula is C20H23NO6S2. The molecule has 7 nitrogen and oxygen atoms in total. The molecule has 0 bridgehead atoms. The number of amides is 1. The van der Waals surface area contributed by atoms with E-state index >= 15 is 0 Å². The Labute approximate surface area is 174 Å². The Morgan fingerprint density at radius 3 is 2.14 bits per heavy atom. The minimum Gasteiger partial charge on any atom is -0.496 e. The molecule has 1 unspecified atom stereocenters. The van der Waals surface area contributed by atoms with E-state index in [0.717, 1.165) is 11.1 Å². The van der Waals surface area contributed by atoms with Gasteiger partial charge in [0.2, 0.25) is 5.91 Å². The summed E-state index contributed by atoms with van der Waals surface area (Å²) in [5.74, 6) is 2.06. The second-order valence-electron chi connectivity index (χ2n) is 6.55. The molecule has 1 saturated heterocycles. The maximum absolute atomic E-state index is 12.6. The van der Waals surface area contributed by atoms with Crippen molar-refractivity contribution >= 4 is 27.5 Å².